The van der Waals surface area contributed by atoms with E-state index in [1.54, 1.807) is 12.1 Å². The number of nitrogens with zero attached hydrogens (tertiary/aromatic N) is 1. The van der Waals surface area contributed by atoms with Crippen molar-refractivity contribution in [2.45, 2.75) is 44.6 Å². The molecule has 1 saturated heterocycles. The average molecular weight is 394 g/mol. The largest absolute Gasteiger partial charge is 0.484 e. The normalized spacial score (nSPS) is 24.4. The highest BCUT2D eigenvalue weighted by molar-refractivity contribution is 5.75. The summed E-state index contributed by atoms with van der Waals surface area (Å²) in [5.74, 6) is 0.266. The molecule has 0 aromatic heterocycles. The number of hydrogen-bond acceptors (Lipinski definition) is 4. The molecule has 2 unspecified atom stereocenters. The van der Waals surface area contributed by atoms with Crippen LogP contribution in [0.4, 0.5) is 13.2 Å². The first kappa shape index (κ1) is 19.3. The standard InChI is InChI=1S/C21H25F3N2O2/c1-14-4-7-19(25-12-17-3-2-10-27-17)26-9-8-15-11-16(28-13-21(22,23)24)5-6-18(15)20(14)26/h4-7,11,17,19,25H,2-3,8-10,12-13H2,1H3. The van der Waals surface area contributed by atoms with E-state index in [1.165, 1.54) is 0 Å². The second-order valence-corrected chi connectivity index (χ2v) is 7.55. The number of rotatable bonds is 5. The van der Waals surface area contributed by atoms with Gasteiger partial charge in [0.25, 0.3) is 0 Å². The summed E-state index contributed by atoms with van der Waals surface area (Å²) in [7, 11) is 0. The summed E-state index contributed by atoms with van der Waals surface area (Å²) >= 11 is 0. The van der Waals surface area contributed by atoms with Gasteiger partial charge < -0.3 is 14.4 Å². The van der Waals surface area contributed by atoms with Gasteiger partial charge in [0.1, 0.15) is 5.75 Å². The van der Waals surface area contributed by atoms with Gasteiger partial charge in [-0.1, -0.05) is 6.08 Å². The Morgan fingerprint density at radius 1 is 1.32 bits per heavy atom. The fraction of sp³-hybridized carbons (Fsp3) is 0.524. The van der Waals surface area contributed by atoms with Crippen LogP contribution in [-0.2, 0) is 11.2 Å². The van der Waals surface area contributed by atoms with Crippen molar-refractivity contribution in [2.75, 3.05) is 26.3 Å². The zero-order valence-corrected chi connectivity index (χ0v) is 15.9. The third kappa shape index (κ3) is 4.20. The number of halogens is 3. The highest BCUT2D eigenvalue weighted by Gasteiger charge is 2.31. The Balaban J connectivity index is 1.50. The molecule has 0 amide bonds. The van der Waals surface area contributed by atoms with Crippen LogP contribution >= 0.6 is 0 Å². The van der Waals surface area contributed by atoms with Crippen LogP contribution in [0.1, 0.15) is 30.9 Å². The van der Waals surface area contributed by atoms with Gasteiger partial charge in [-0.05, 0) is 61.6 Å². The van der Waals surface area contributed by atoms with Gasteiger partial charge >= 0.3 is 6.18 Å². The average Bonchev–Trinajstić information content (AvgIpc) is 3.18. The smallest absolute Gasteiger partial charge is 0.422 e. The first-order valence-electron chi connectivity index (χ1n) is 9.74. The quantitative estimate of drug-likeness (QED) is 0.822. The van der Waals surface area contributed by atoms with Gasteiger partial charge in [0, 0.05) is 31.0 Å². The lowest BCUT2D eigenvalue weighted by Crippen LogP contribution is -2.49. The summed E-state index contributed by atoms with van der Waals surface area (Å²) in [6, 6.07) is 5.25. The summed E-state index contributed by atoms with van der Waals surface area (Å²) in [6.45, 7) is 3.26. The molecule has 1 N–H and O–H groups in total. The summed E-state index contributed by atoms with van der Waals surface area (Å²) in [5, 5.41) is 3.59. The molecule has 2 atom stereocenters. The van der Waals surface area contributed by atoms with Crippen LogP contribution in [0.25, 0.3) is 5.70 Å². The number of ether oxygens (including phenoxy) is 2. The van der Waals surface area contributed by atoms with Crippen molar-refractivity contribution in [1.29, 1.82) is 0 Å². The van der Waals surface area contributed by atoms with E-state index in [4.69, 9.17) is 9.47 Å². The zero-order valence-electron chi connectivity index (χ0n) is 15.9. The van der Waals surface area contributed by atoms with Gasteiger partial charge in [0.05, 0.1) is 12.3 Å². The highest BCUT2D eigenvalue weighted by Crippen LogP contribution is 2.37. The molecule has 0 bridgehead atoms. The summed E-state index contributed by atoms with van der Waals surface area (Å²) in [4.78, 5) is 2.34. The van der Waals surface area contributed by atoms with Crippen LogP contribution in [0.3, 0.4) is 0 Å². The van der Waals surface area contributed by atoms with E-state index in [1.807, 2.05) is 6.07 Å². The van der Waals surface area contributed by atoms with Crippen molar-refractivity contribution in [2.24, 2.45) is 0 Å². The Kier molecular flexibility index (Phi) is 5.38. The van der Waals surface area contributed by atoms with E-state index in [-0.39, 0.29) is 18.0 Å². The van der Waals surface area contributed by atoms with Crippen LogP contribution < -0.4 is 10.1 Å². The minimum Gasteiger partial charge on any atom is -0.484 e. The van der Waals surface area contributed by atoms with Gasteiger partial charge in [-0.2, -0.15) is 13.2 Å². The number of allylic oxidation sites excluding steroid dienone is 2. The number of nitrogens with one attached hydrogen (secondary N) is 1. The maximum absolute atomic E-state index is 12.4. The molecule has 7 heteroatoms. The predicted octanol–water partition coefficient (Wildman–Crippen LogP) is 3.88. The van der Waals surface area contributed by atoms with Gasteiger partial charge in [-0.15, -0.1) is 0 Å². The van der Waals surface area contributed by atoms with Crippen molar-refractivity contribution in [3.05, 3.63) is 47.1 Å². The van der Waals surface area contributed by atoms with Gasteiger partial charge in [0.2, 0.25) is 0 Å². The Bertz CT molecular complexity index is 782. The molecule has 0 saturated carbocycles. The topological polar surface area (TPSA) is 33.7 Å². The molecule has 28 heavy (non-hydrogen) atoms. The highest BCUT2D eigenvalue weighted by atomic mass is 19.4. The van der Waals surface area contributed by atoms with Crippen molar-refractivity contribution >= 4 is 5.70 Å². The lowest BCUT2D eigenvalue weighted by Gasteiger charge is -2.42. The van der Waals surface area contributed by atoms with Gasteiger partial charge in [-0.3, -0.25) is 5.32 Å². The van der Waals surface area contributed by atoms with Crippen LogP contribution in [-0.4, -0.2) is 49.6 Å². The first-order chi connectivity index (χ1) is 13.4. The van der Waals surface area contributed by atoms with Crippen molar-refractivity contribution in [3.63, 3.8) is 0 Å². The van der Waals surface area contributed by atoms with E-state index < -0.39 is 12.8 Å². The molecule has 3 aliphatic rings. The number of alkyl halides is 3. The van der Waals surface area contributed by atoms with E-state index in [0.29, 0.717) is 0 Å². The predicted molar refractivity (Wildman–Crippen MR) is 101 cm³/mol. The first-order valence-corrected chi connectivity index (χ1v) is 9.74. The SMILES string of the molecule is CC1=C2c3ccc(OCC(F)(F)F)cc3CCN2C(NCC2CCCO2)C=C1. The second kappa shape index (κ2) is 7.79. The van der Waals surface area contributed by atoms with Crippen molar-refractivity contribution < 1.29 is 22.6 Å². The molecule has 4 rings (SSSR count). The monoisotopic (exact) mass is 394 g/mol. The van der Waals surface area contributed by atoms with E-state index in [9.17, 15) is 13.2 Å². The number of hydrogen-bond donors (Lipinski definition) is 1. The van der Waals surface area contributed by atoms with Gasteiger partial charge in [-0.25, -0.2) is 0 Å². The fourth-order valence-electron chi connectivity index (χ4n) is 4.14. The molecule has 1 aromatic rings. The Hall–Kier alpha value is -1.99. The molecule has 0 radical (unpaired) electrons. The maximum atomic E-state index is 12.4. The van der Waals surface area contributed by atoms with Crippen molar-refractivity contribution in [3.8, 4) is 5.75 Å². The van der Waals surface area contributed by atoms with Crippen LogP contribution in [0.5, 0.6) is 5.75 Å². The molecule has 4 nitrogen and oxygen atoms in total. The Labute approximate surface area is 163 Å². The Morgan fingerprint density at radius 3 is 2.93 bits per heavy atom. The van der Waals surface area contributed by atoms with E-state index in [0.717, 1.165) is 61.4 Å². The lowest BCUT2D eigenvalue weighted by atomic mass is 9.91. The molecular weight excluding hydrogens is 369 g/mol. The number of benzene rings is 1. The minimum atomic E-state index is -4.33. The molecule has 3 aliphatic heterocycles. The lowest BCUT2D eigenvalue weighted by molar-refractivity contribution is -0.153. The van der Waals surface area contributed by atoms with Gasteiger partial charge in [0.15, 0.2) is 6.61 Å². The summed E-state index contributed by atoms with van der Waals surface area (Å²) in [6.07, 6.45) is 3.29. The molecular formula is C21H25F3N2O2. The fourth-order valence-corrected chi connectivity index (χ4v) is 4.14. The Morgan fingerprint density at radius 2 is 2.18 bits per heavy atom. The molecule has 1 aromatic carbocycles. The summed E-state index contributed by atoms with van der Waals surface area (Å²) in [5.41, 5.74) is 4.38. The second-order valence-electron chi connectivity index (χ2n) is 7.55. The van der Waals surface area contributed by atoms with E-state index in [2.05, 4.69) is 29.3 Å². The third-order valence-electron chi connectivity index (χ3n) is 5.46. The number of fused-ring (bicyclic) bond motifs is 3. The van der Waals surface area contributed by atoms with Crippen LogP contribution in [0.2, 0.25) is 0 Å². The molecule has 0 spiro atoms. The third-order valence-corrected chi connectivity index (χ3v) is 5.46. The van der Waals surface area contributed by atoms with E-state index >= 15 is 0 Å². The molecule has 3 heterocycles. The zero-order chi connectivity index (χ0) is 19.7. The van der Waals surface area contributed by atoms with Crippen LogP contribution in [0.15, 0.2) is 35.9 Å². The van der Waals surface area contributed by atoms with Crippen LogP contribution in [0, 0.1) is 0 Å². The minimum absolute atomic E-state index is 0.0946. The molecule has 0 aliphatic carbocycles. The molecule has 1 fully saturated rings. The molecule has 152 valence electrons. The summed E-state index contributed by atoms with van der Waals surface area (Å²) < 4.78 is 47.9. The van der Waals surface area contributed by atoms with Crippen molar-refractivity contribution in [1.82, 2.24) is 10.2 Å². The maximum Gasteiger partial charge on any atom is 0.422 e.